The average molecular weight is 345 g/mol. The minimum absolute atomic E-state index is 0.348. The van der Waals surface area contributed by atoms with Crippen molar-refractivity contribution in [2.45, 2.75) is 38.6 Å². The predicted molar refractivity (Wildman–Crippen MR) is 85.7 cm³/mol. The number of phosphoric acid groups is 1. The normalized spacial score (nSPS) is 12.7. The van der Waals surface area contributed by atoms with Crippen LogP contribution in [0.15, 0.2) is 24.5 Å². The van der Waals surface area contributed by atoms with Gasteiger partial charge >= 0.3 is 13.9 Å². The Balaban J connectivity index is 2.52. The summed E-state index contributed by atoms with van der Waals surface area (Å²) in [6, 6.07) is 2.25. The third kappa shape index (κ3) is 9.30. The first-order chi connectivity index (χ1) is 10.9. The number of carbonyl (C=O) groups is 1. The van der Waals surface area contributed by atoms with Crippen LogP contribution in [0.25, 0.3) is 0 Å². The molecule has 23 heavy (non-hydrogen) atoms. The van der Waals surface area contributed by atoms with Crippen LogP contribution in [0.2, 0.25) is 0 Å². The van der Waals surface area contributed by atoms with Gasteiger partial charge in [-0.15, -0.1) is 0 Å². The topological polar surface area (TPSA) is 121 Å². The second-order valence-corrected chi connectivity index (χ2v) is 6.33. The second kappa shape index (κ2) is 10.3. The molecule has 0 spiro atoms. The van der Waals surface area contributed by atoms with E-state index in [1.165, 1.54) is 6.20 Å². The van der Waals surface area contributed by atoms with Crippen LogP contribution in [0.1, 0.15) is 44.2 Å². The maximum Gasteiger partial charge on any atom is 0.469 e. The van der Waals surface area contributed by atoms with Crippen molar-refractivity contribution in [3.8, 4) is 0 Å². The van der Waals surface area contributed by atoms with Crippen LogP contribution < -0.4 is 10.6 Å². The number of pyridine rings is 1. The first kappa shape index (κ1) is 19.6. The average Bonchev–Trinajstić information content (AvgIpc) is 2.51. The summed E-state index contributed by atoms with van der Waals surface area (Å²) in [5.41, 5.74) is 0.599. The zero-order valence-corrected chi connectivity index (χ0v) is 14.0. The molecule has 4 N–H and O–H groups in total. The van der Waals surface area contributed by atoms with E-state index >= 15 is 0 Å². The SMILES string of the molecule is CCCCCCNC(=O)NC(COP(=O)(O)O)c1cccnc1. The number of nitrogens with zero attached hydrogens (tertiary/aromatic N) is 1. The Hall–Kier alpha value is -1.47. The summed E-state index contributed by atoms with van der Waals surface area (Å²) in [4.78, 5) is 33.5. The molecule has 0 saturated carbocycles. The third-order valence-corrected chi connectivity index (χ3v) is 3.60. The van der Waals surface area contributed by atoms with Gasteiger partial charge in [0.2, 0.25) is 0 Å². The Morgan fingerprint density at radius 3 is 2.78 bits per heavy atom. The summed E-state index contributed by atoms with van der Waals surface area (Å²) in [7, 11) is -4.61. The molecule has 1 aromatic heterocycles. The molecule has 1 unspecified atom stereocenters. The summed E-state index contributed by atoms with van der Waals surface area (Å²) in [5, 5.41) is 5.36. The Morgan fingerprint density at radius 2 is 2.17 bits per heavy atom. The molecular weight excluding hydrogens is 321 g/mol. The highest BCUT2D eigenvalue weighted by atomic mass is 31.2. The molecule has 0 aliphatic rings. The van der Waals surface area contributed by atoms with Crippen LogP contribution in [0.4, 0.5) is 4.79 Å². The number of urea groups is 1. The quantitative estimate of drug-likeness (QED) is 0.381. The van der Waals surface area contributed by atoms with Gasteiger partial charge in [-0.2, -0.15) is 0 Å². The Kier molecular flexibility index (Phi) is 8.79. The summed E-state index contributed by atoms with van der Waals surface area (Å²) in [6.45, 7) is 2.31. The number of aromatic nitrogens is 1. The zero-order valence-electron chi connectivity index (χ0n) is 13.1. The van der Waals surface area contributed by atoms with E-state index in [1.807, 2.05) is 0 Å². The lowest BCUT2D eigenvalue weighted by molar-refractivity contribution is 0.175. The fraction of sp³-hybridized carbons (Fsp3) is 0.571. The molecule has 9 heteroatoms. The van der Waals surface area contributed by atoms with Crippen molar-refractivity contribution in [3.63, 3.8) is 0 Å². The number of hydrogen-bond donors (Lipinski definition) is 4. The fourth-order valence-corrected chi connectivity index (χ4v) is 2.28. The van der Waals surface area contributed by atoms with Crippen LogP contribution in [-0.4, -0.2) is 34.0 Å². The molecule has 1 atom stereocenters. The van der Waals surface area contributed by atoms with Gasteiger partial charge in [0.05, 0.1) is 12.6 Å². The highest BCUT2D eigenvalue weighted by Crippen LogP contribution is 2.36. The largest absolute Gasteiger partial charge is 0.469 e. The van der Waals surface area contributed by atoms with Crippen LogP contribution in [0, 0.1) is 0 Å². The fourth-order valence-electron chi connectivity index (χ4n) is 1.94. The van der Waals surface area contributed by atoms with Gasteiger partial charge in [0.25, 0.3) is 0 Å². The van der Waals surface area contributed by atoms with E-state index in [0.29, 0.717) is 12.1 Å². The zero-order chi connectivity index (χ0) is 17.1. The molecule has 0 aromatic carbocycles. The van der Waals surface area contributed by atoms with E-state index in [-0.39, 0.29) is 6.61 Å². The van der Waals surface area contributed by atoms with E-state index in [1.54, 1.807) is 18.3 Å². The molecule has 0 radical (unpaired) electrons. The molecule has 1 aromatic rings. The van der Waals surface area contributed by atoms with Gasteiger partial charge in [-0.3, -0.25) is 9.51 Å². The molecule has 0 fully saturated rings. The molecular formula is C14H24N3O5P. The first-order valence-electron chi connectivity index (χ1n) is 7.56. The van der Waals surface area contributed by atoms with Crippen molar-refractivity contribution in [2.75, 3.05) is 13.2 Å². The number of rotatable bonds is 10. The van der Waals surface area contributed by atoms with Gasteiger partial charge in [-0.05, 0) is 18.1 Å². The molecule has 1 rings (SSSR count). The van der Waals surface area contributed by atoms with E-state index in [9.17, 15) is 9.36 Å². The molecule has 0 saturated heterocycles. The lowest BCUT2D eigenvalue weighted by Gasteiger charge is -2.19. The molecule has 0 bridgehead atoms. The molecule has 1 heterocycles. The lowest BCUT2D eigenvalue weighted by Crippen LogP contribution is -2.39. The van der Waals surface area contributed by atoms with Gasteiger partial charge in [-0.1, -0.05) is 32.3 Å². The van der Waals surface area contributed by atoms with Crippen molar-refractivity contribution in [2.24, 2.45) is 0 Å². The van der Waals surface area contributed by atoms with Gasteiger partial charge in [0, 0.05) is 18.9 Å². The molecule has 0 aliphatic carbocycles. The number of amides is 2. The van der Waals surface area contributed by atoms with Gasteiger partial charge in [0.15, 0.2) is 0 Å². The first-order valence-corrected chi connectivity index (χ1v) is 9.09. The van der Waals surface area contributed by atoms with E-state index < -0.39 is 19.9 Å². The second-order valence-electron chi connectivity index (χ2n) is 5.09. The number of phosphoric ester groups is 1. The molecule has 0 aliphatic heterocycles. The van der Waals surface area contributed by atoms with Gasteiger partial charge in [0.1, 0.15) is 0 Å². The summed E-state index contributed by atoms with van der Waals surface area (Å²) in [6.07, 6.45) is 7.25. The summed E-state index contributed by atoms with van der Waals surface area (Å²) >= 11 is 0. The van der Waals surface area contributed by atoms with Crippen LogP contribution in [0.5, 0.6) is 0 Å². The van der Waals surface area contributed by atoms with Crippen molar-refractivity contribution >= 4 is 13.9 Å². The van der Waals surface area contributed by atoms with Gasteiger partial charge < -0.3 is 20.4 Å². The Labute approximate surface area is 135 Å². The predicted octanol–water partition coefficient (Wildman–Crippen LogP) is 2.11. The number of unbranched alkanes of at least 4 members (excludes halogenated alkanes) is 3. The van der Waals surface area contributed by atoms with Crippen LogP contribution in [0.3, 0.4) is 0 Å². The van der Waals surface area contributed by atoms with E-state index in [2.05, 4.69) is 27.1 Å². The molecule has 8 nitrogen and oxygen atoms in total. The number of carbonyl (C=O) groups excluding carboxylic acids is 1. The van der Waals surface area contributed by atoms with E-state index in [0.717, 1.165) is 25.7 Å². The summed E-state index contributed by atoms with van der Waals surface area (Å²) in [5.74, 6) is 0. The smallest absolute Gasteiger partial charge is 0.338 e. The summed E-state index contributed by atoms with van der Waals surface area (Å²) < 4.78 is 15.4. The van der Waals surface area contributed by atoms with Crippen LogP contribution in [-0.2, 0) is 9.09 Å². The Bertz CT molecular complexity index is 508. The highest BCUT2D eigenvalue weighted by Gasteiger charge is 2.21. The molecule has 2 amide bonds. The Morgan fingerprint density at radius 1 is 1.39 bits per heavy atom. The van der Waals surface area contributed by atoms with Gasteiger partial charge in [-0.25, -0.2) is 9.36 Å². The third-order valence-electron chi connectivity index (χ3n) is 3.12. The standard InChI is InChI=1S/C14H24N3O5P/c1-2-3-4-5-9-16-14(18)17-13(11-22-23(19,20)21)12-7-6-8-15-10-12/h6-8,10,13H,2-5,9,11H2,1H3,(H2,16,17,18)(H2,19,20,21). The maximum absolute atomic E-state index is 11.9. The van der Waals surface area contributed by atoms with E-state index in [4.69, 9.17) is 9.79 Å². The van der Waals surface area contributed by atoms with Crippen molar-refractivity contribution in [1.29, 1.82) is 0 Å². The number of nitrogens with one attached hydrogen (secondary N) is 2. The maximum atomic E-state index is 11.9. The minimum atomic E-state index is -4.61. The van der Waals surface area contributed by atoms with Crippen LogP contribution >= 0.6 is 7.82 Å². The van der Waals surface area contributed by atoms with Crippen molar-refractivity contribution in [3.05, 3.63) is 30.1 Å². The monoisotopic (exact) mass is 345 g/mol. The lowest BCUT2D eigenvalue weighted by atomic mass is 10.1. The van der Waals surface area contributed by atoms with Crippen molar-refractivity contribution in [1.82, 2.24) is 15.6 Å². The number of hydrogen-bond acceptors (Lipinski definition) is 4. The highest BCUT2D eigenvalue weighted by molar-refractivity contribution is 7.46. The molecule has 130 valence electrons. The minimum Gasteiger partial charge on any atom is -0.338 e. The van der Waals surface area contributed by atoms with Crippen molar-refractivity contribution < 1.29 is 23.7 Å².